The molecule has 2 rings (SSSR count). The molecular formula is C15H14BrN3. The topological polar surface area (TPSA) is 43.3 Å². The van der Waals surface area contributed by atoms with Gasteiger partial charge in [0.2, 0.25) is 0 Å². The summed E-state index contributed by atoms with van der Waals surface area (Å²) in [6.45, 7) is 7.84. The fourth-order valence-corrected chi connectivity index (χ4v) is 2.08. The van der Waals surface area contributed by atoms with Crippen molar-refractivity contribution in [3.05, 3.63) is 76.8 Å². The molecule has 1 aromatic carbocycles. The average Bonchev–Trinajstić information content (AvgIpc) is 2.46. The van der Waals surface area contributed by atoms with Crippen LogP contribution in [0.1, 0.15) is 11.1 Å². The quantitative estimate of drug-likeness (QED) is 0.686. The Morgan fingerprint density at radius 3 is 2.47 bits per heavy atom. The van der Waals surface area contributed by atoms with Gasteiger partial charge in [-0.15, -0.1) is 0 Å². The molecule has 2 aromatic rings. The molecule has 0 unspecified atom stereocenters. The number of pyridine rings is 1. The van der Waals surface area contributed by atoms with E-state index in [0.717, 1.165) is 21.3 Å². The minimum atomic E-state index is 0.640. The SMILES string of the molecule is C=Cc1ccc(C(=C)n2cc(Br)cc/c2=N/N)cc1. The van der Waals surface area contributed by atoms with Gasteiger partial charge in [-0.1, -0.05) is 43.5 Å². The Kier molecular flexibility index (Phi) is 4.02. The molecule has 0 fully saturated rings. The molecule has 0 spiro atoms. The molecule has 4 heteroatoms. The number of rotatable bonds is 3. The molecule has 3 nitrogen and oxygen atoms in total. The van der Waals surface area contributed by atoms with E-state index in [-0.39, 0.29) is 0 Å². The Balaban J connectivity index is 2.49. The molecule has 19 heavy (non-hydrogen) atoms. The van der Waals surface area contributed by atoms with E-state index in [4.69, 9.17) is 5.84 Å². The molecule has 1 heterocycles. The van der Waals surface area contributed by atoms with Crippen molar-refractivity contribution in [3.63, 3.8) is 0 Å². The summed E-state index contributed by atoms with van der Waals surface area (Å²) in [6, 6.07) is 11.7. The number of hydrogen-bond acceptors (Lipinski definition) is 2. The van der Waals surface area contributed by atoms with Gasteiger partial charge in [0.25, 0.3) is 0 Å². The lowest BCUT2D eigenvalue weighted by Crippen LogP contribution is -2.21. The van der Waals surface area contributed by atoms with E-state index in [1.165, 1.54) is 0 Å². The summed E-state index contributed by atoms with van der Waals surface area (Å²) in [5.41, 5.74) is 3.51. The standard InChI is InChI=1S/C15H14BrN3/c1-3-12-4-6-13(7-5-12)11(2)19-10-14(16)8-9-15(19)18-17/h3-10H,1-2,17H2/b18-15-. The first kappa shape index (κ1) is 13.4. The molecule has 0 saturated carbocycles. The van der Waals surface area contributed by atoms with Crippen molar-refractivity contribution < 1.29 is 0 Å². The lowest BCUT2D eigenvalue weighted by Gasteiger charge is -2.11. The van der Waals surface area contributed by atoms with Crippen LogP contribution in [0.25, 0.3) is 11.8 Å². The summed E-state index contributed by atoms with van der Waals surface area (Å²) in [5.74, 6) is 5.40. The van der Waals surface area contributed by atoms with Gasteiger partial charge < -0.3 is 5.84 Å². The minimum Gasteiger partial charge on any atom is -0.321 e. The van der Waals surface area contributed by atoms with E-state index in [2.05, 4.69) is 34.2 Å². The number of aromatic nitrogens is 1. The second-order valence-electron chi connectivity index (χ2n) is 3.98. The van der Waals surface area contributed by atoms with Crippen molar-refractivity contribution in [2.45, 2.75) is 0 Å². The molecular weight excluding hydrogens is 302 g/mol. The Morgan fingerprint density at radius 1 is 1.21 bits per heavy atom. The van der Waals surface area contributed by atoms with Crippen molar-refractivity contribution in [1.82, 2.24) is 4.57 Å². The van der Waals surface area contributed by atoms with Crippen molar-refractivity contribution in [1.29, 1.82) is 0 Å². The zero-order chi connectivity index (χ0) is 13.8. The second kappa shape index (κ2) is 5.71. The Labute approximate surface area is 120 Å². The van der Waals surface area contributed by atoms with Gasteiger partial charge in [0.05, 0.1) is 0 Å². The van der Waals surface area contributed by atoms with E-state index in [1.54, 1.807) is 6.08 Å². The highest BCUT2D eigenvalue weighted by atomic mass is 79.9. The third-order valence-corrected chi connectivity index (χ3v) is 3.26. The summed E-state index contributed by atoms with van der Waals surface area (Å²) in [6.07, 6.45) is 3.69. The van der Waals surface area contributed by atoms with Crippen LogP contribution in [0.4, 0.5) is 0 Å². The Bertz CT molecular complexity index is 681. The van der Waals surface area contributed by atoms with Crippen LogP contribution in [0.2, 0.25) is 0 Å². The van der Waals surface area contributed by atoms with Crippen LogP contribution in [-0.4, -0.2) is 4.57 Å². The normalized spacial score (nSPS) is 11.3. The van der Waals surface area contributed by atoms with Crippen LogP contribution in [-0.2, 0) is 0 Å². The first-order valence-electron chi connectivity index (χ1n) is 5.70. The number of hydrogen-bond donors (Lipinski definition) is 1. The van der Waals surface area contributed by atoms with E-state index in [9.17, 15) is 0 Å². The van der Waals surface area contributed by atoms with Gasteiger partial charge >= 0.3 is 0 Å². The van der Waals surface area contributed by atoms with Crippen LogP contribution < -0.4 is 11.3 Å². The molecule has 96 valence electrons. The van der Waals surface area contributed by atoms with Crippen LogP contribution in [0, 0.1) is 0 Å². The van der Waals surface area contributed by atoms with E-state index >= 15 is 0 Å². The highest BCUT2D eigenvalue weighted by molar-refractivity contribution is 9.10. The highest BCUT2D eigenvalue weighted by Crippen LogP contribution is 2.16. The predicted octanol–water partition coefficient (Wildman–Crippen LogP) is 3.19. The molecule has 0 amide bonds. The van der Waals surface area contributed by atoms with Crippen molar-refractivity contribution in [3.8, 4) is 0 Å². The molecule has 0 aliphatic rings. The van der Waals surface area contributed by atoms with Gasteiger partial charge in [-0.25, -0.2) is 0 Å². The van der Waals surface area contributed by atoms with Crippen molar-refractivity contribution in [2.75, 3.05) is 0 Å². The largest absolute Gasteiger partial charge is 0.321 e. The van der Waals surface area contributed by atoms with Crippen LogP contribution >= 0.6 is 15.9 Å². The lowest BCUT2D eigenvalue weighted by atomic mass is 10.1. The number of nitrogens with zero attached hydrogens (tertiary/aromatic N) is 2. The van der Waals surface area contributed by atoms with Gasteiger partial charge in [-0.2, -0.15) is 5.10 Å². The van der Waals surface area contributed by atoms with E-state index in [1.807, 2.05) is 47.2 Å². The molecule has 2 N–H and O–H groups in total. The summed E-state index contributed by atoms with van der Waals surface area (Å²) in [4.78, 5) is 0. The van der Waals surface area contributed by atoms with Gasteiger partial charge in [-0.3, -0.25) is 4.57 Å². The molecule has 0 radical (unpaired) electrons. The molecule has 1 aromatic heterocycles. The smallest absolute Gasteiger partial charge is 0.156 e. The fourth-order valence-electron chi connectivity index (χ4n) is 1.74. The first-order valence-corrected chi connectivity index (χ1v) is 6.49. The third kappa shape index (κ3) is 2.85. The lowest BCUT2D eigenvalue weighted by molar-refractivity contribution is 0.931. The predicted molar refractivity (Wildman–Crippen MR) is 82.8 cm³/mol. The van der Waals surface area contributed by atoms with Crippen molar-refractivity contribution >= 4 is 27.7 Å². The maximum Gasteiger partial charge on any atom is 0.156 e. The van der Waals surface area contributed by atoms with Gasteiger partial charge in [0.15, 0.2) is 5.49 Å². The van der Waals surface area contributed by atoms with Crippen LogP contribution in [0.15, 0.2) is 65.3 Å². The summed E-state index contributed by atoms with van der Waals surface area (Å²) >= 11 is 3.43. The summed E-state index contributed by atoms with van der Waals surface area (Å²) < 4.78 is 2.77. The molecule has 0 bridgehead atoms. The zero-order valence-corrected chi connectivity index (χ0v) is 12.0. The third-order valence-electron chi connectivity index (χ3n) is 2.79. The summed E-state index contributed by atoms with van der Waals surface area (Å²) in [5, 5.41) is 3.76. The minimum absolute atomic E-state index is 0.640. The average molecular weight is 316 g/mol. The maximum absolute atomic E-state index is 5.40. The highest BCUT2D eigenvalue weighted by Gasteiger charge is 2.03. The van der Waals surface area contributed by atoms with Crippen molar-refractivity contribution in [2.24, 2.45) is 10.9 Å². The Morgan fingerprint density at radius 2 is 1.89 bits per heavy atom. The number of benzene rings is 1. The van der Waals surface area contributed by atoms with Gasteiger partial charge in [-0.05, 0) is 39.2 Å². The molecule has 0 atom stereocenters. The van der Waals surface area contributed by atoms with Crippen LogP contribution in [0.5, 0.6) is 0 Å². The molecule has 0 saturated heterocycles. The van der Waals surface area contributed by atoms with E-state index < -0.39 is 0 Å². The molecule has 0 aliphatic heterocycles. The van der Waals surface area contributed by atoms with Gasteiger partial charge in [0, 0.05) is 16.4 Å². The zero-order valence-electron chi connectivity index (χ0n) is 10.4. The fraction of sp³-hybridized carbons (Fsp3) is 0. The number of halogens is 1. The maximum atomic E-state index is 5.40. The van der Waals surface area contributed by atoms with Gasteiger partial charge in [0.1, 0.15) is 0 Å². The molecule has 0 aliphatic carbocycles. The number of nitrogens with two attached hydrogens (primary N) is 1. The monoisotopic (exact) mass is 315 g/mol. The van der Waals surface area contributed by atoms with E-state index in [0.29, 0.717) is 5.49 Å². The summed E-state index contributed by atoms with van der Waals surface area (Å²) in [7, 11) is 0. The Hall–Kier alpha value is -2.07. The van der Waals surface area contributed by atoms with Crippen LogP contribution in [0.3, 0.4) is 0 Å². The first-order chi connectivity index (χ1) is 9.15. The second-order valence-corrected chi connectivity index (χ2v) is 4.89.